The first-order chi connectivity index (χ1) is 24.8. The number of para-hydroxylation sites is 1. The maximum absolute atomic E-state index is 6.74. The molecule has 0 fully saturated rings. The average molecular weight is 638 g/mol. The van der Waals surface area contributed by atoms with Gasteiger partial charge in [-0.15, -0.1) is 0 Å². The molecule has 10 aromatic rings. The molecule has 0 aliphatic rings. The normalized spacial score (nSPS) is 11.6. The van der Waals surface area contributed by atoms with Crippen molar-refractivity contribution in [1.82, 2.24) is 0 Å². The topological polar surface area (TPSA) is 16.4 Å². The summed E-state index contributed by atoms with van der Waals surface area (Å²) in [6.45, 7) is 0. The first kappa shape index (κ1) is 28.4. The highest BCUT2D eigenvalue weighted by Crippen LogP contribution is 2.44. The number of fused-ring (bicyclic) bond motifs is 7. The molecule has 2 nitrogen and oxygen atoms in total. The zero-order valence-electron chi connectivity index (χ0n) is 27.3. The molecule has 1 heterocycles. The van der Waals surface area contributed by atoms with E-state index in [1.165, 1.54) is 54.6 Å². The van der Waals surface area contributed by atoms with Crippen molar-refractivity contribution < 1.29 is 4.42 Å². The second-order valence-corrected chi connectivity index (χ2v) is 13.0. The fraction of sp³-hybridized carbons (Fsp3) is 0. The molecule has 0 spiro atoms. The third kappa shape index (κ3) is 4.73. The average Bonchev–Trinajstić information content (AvgIpc) is 3.58. The molecular weight excluding hydrogens is 607 g/mol. The molecule has 0 saturated carbocycles. The van der Waals surface area contributed by atoms with Crippen LogP contribution in [0.2, 0.25) is 0 Å². The minimum Gasteiger partial charge on any atom is -0.454 e. The Balaban J connectivity index is 1.12. The van der Waals surface area contributed by atoms with Crippen molar-refractivity contribution in [2.75, 3.05) is 4.90 Å². The van der Waals surface area contributed by atoms with Crippen LogP contribution in [0.5, 0.6) is 0 Å². The first-order valence-electron chi connectivity index (χ1n) is 17.1. The van der Waals surface area contributed by atoms with Gasteiger partial charge >= 0.3 is 0 Å². The third-order valence-corrected chi connectivity index (χ3v) is 10.0. The van der Waals surface area contributed by atoms with Crippen LogP contribution in [0.25, 0.3) is 76.5 Å². The Labute approximate surface area is 290 Å². The van der Waals surface area contributed by atoms with Gasteiger partial charge < -0.3 is 9.32 Å². The Hall–Kier alpha value is -6.64. The molecule has 2 heteroatoms. The lowest BCUT2D eigenvalue weighted by Gasteiger charge is -2.26. The third-order valence-electron chi connectivity index (χ3n) is 10.0. The van der Waals surface area contributed by atoms with Crippen LogP contribution >= 0.6 is 0 Å². The quantitative estimate of drug-likeness (QED) is 0.187. The minimum absolute atomic E-state index is 0.871. The SMILES string of the molecule is c1ccc2cc(-c3ccc(N(c4ccc(-c5ccc6ccccc6c5)cc4)c4cccc5c4oc4ccc6ccccc6c45)cc3)ccc2c1. The van der Waals surface area contributed by atoms with Crippen LogP contribution in [0, 0.1) is 0 Å². The van der Waals surface area contributed by atoms with Gasteiger partial charge in [0.1, 0.15) is 5.58 Å². The first-order valence-corrected chi connectivity index (χ1v) is 17.1. The van der Waals surface area contributed by atoms with Crippen molar-refractivity contribution in [3.8, 4) is 22.3 Å². The Morgan fingerprint density at radius 3 is 1.42 bits per heavy atom. The van der Waals surface area contributed by atoms with Crippen LogP contribution in [0.4, 0.5) is 17.1 Å². The number of nitrogens with zero attached hydrogens (tertiary/aromatic N) is 1. The van der Waals surface area contributed by atoms with Gasteiger partial charge in [-0.3, -0.25) is 0 Å². The molecule has 0 atom stereocenters. The molecule has 0 aliphatic carbocycles. The van der Waals surface area contributed by atoms with Crippen LogP contribution in [0.1, 0.15) is 0 Å². The van der Waals surface area contributed by atoms with Crippen LogP contribution < -0.4 is 4.90 Å². The van der Waals surface area contributed by atoms with Crippen molar-refractivity contribution in [3.63, 3.8) is 0 Å². The summed E-state index contributed by atoms with van der Waals surface area (Å²) in [5.41, 5.74) is 9.65. The standard InChI is InChI=1S/C48H31NO/c1-3-11-37-30-39(18-16-32(37)8-1)34-20-25-41(26-21-34)49(42-27-22-35(23-28-42)40-19-17-33-9-2-4-12-38(33)31-40)45-15-7-14-44-47-43-13-6-5-10-36(43)24-29-46(47)50-48(44)45/h1-31H. The van der Waals surface area contributed by atoms with Crippen LogP contribution in [0.3, 0.4) is 0 Å². The number of anilines is 3. The van der Waals surface area contributed by atoms with Gasteiger partial charge in [-0.25, -0.2) is 0 Å². The van der Waals surface area contributed by atoms with Crippen LogP contribution in [-0.2, 0) is 0 Å². The van der Waals surface area contributed by atoms with E-state index in [1.54, 1.807) is 0 Å². The van der Waals surface area contributed by atoms with Gasteiger partial charge in [-0.1, -0.05) is 140 Å². The van der Waals surface area contributed by atoms with E-state index < -0.39 is 0 Å². The van der Waals surface area contributed by atoms with Gasteiger partial charge in [-0.2, -0.15) is 0 Å². The summed E-state index contributed by atoms with van der Waals surface area (Å²) in [5, 5.41) is 9.65. The maximum Gasteiger partial charge on any atom is 0.159 e. The summed E-state index contributed by atoms with van der Waals surface area (Å²) < 4.78 is 6.74. The highest BCUT2D eigenvalue weighted by atomic mass is 16.3. The van der Waals surface area contributed by atoms with E-state index in [4.69, 9.17) is 4.42 Å². The lowest BCUT2D eigenvalue weighted by atomic mass is 10.00. The number of hydrogen-bond acceptors (Lipinski definition) is 2. The molecule has 50 heavy (non-hydrogen) atoms. The Morgan fingerprint density at radius 2 is 0.820 bits per heavy atom. The van der Waals surface area contributed by atoms with Gasteiger partial charge in [0.25, 0.3) is 0 Å². The molecule has 0 amide bonds. The van der Waals surface area contributed by atoms with Crippen molar-refractivity contribution in [2.24, 2.45) is 0 Å². The Bertz CT molecular complexity index is 2740. The summed E-state index contributed by atoms with van der Waals surface area (Å²) in [4.78, 5) is 2.32. The highest BCUT2D eigenvalue weighted by Gasteiger charge is 2.20. The van der Waals surface area contributed by atoms with E-state index >= 15 is 0 Å². The highest BCUT2D eigenvalue weighted by molar-refractivity contribution is 6.21. The van der Waals surface area contributed by atoms with Crippen molar-refractivity contribution in [1.29, 1.82) is 0 Å². The number of benzene rings is 9. The summed E-state index contributed by atoms with van der Waals surface area (Å²) >= 11 is 0. The lowest BCUT2D eigenvalue weighted by Crippen LogP contribution is -2.10. The Morgan fingerprint density at radius 1 is 0.340 bits per heavy atom. The zero-order valence-corrected chi connectivity index (χ0v) is 27.3. The van der Waals surface area contributed by atoms with Crippen LogP contribution in [-0.4, -0.2) is 0 Å². The van der Waals surface area contributed by atoms with E-state index in [1.807, 2.05) is 0 Å². The molecule has 9 aromatic carbocycles. The molecule has 1 aromatic heterocycles. The molecule has 234 valence electrons. The summed E-state index contributed by atoms with van der Waals surface area (Å²) in [5.74, 6) is 0. The number of rotatable bonds is 5. The molecule has 10 rings (SSSR count). The monoisotopic (exact) mass is 637 g/mol. The lowest BCUT2D eigenvalue weighted by molar-refractivity contribution is 0.669. The minimum atomic E-state index is 0.871. The summed E-state index contributed by atoms with van der Waals surface area (Å²) in [6.07, 6.45) is 0. The van der Waals surface area contributed by atoms with E-state index in [2.05, 4.69) is 193 Å². The molecule has 0 aliphatic heterocycles. The van der Waals surface area contributed by atoms with Gasteiger partial charge in [0.05, 0.1) is 5.69 Å². The van der Waals surface area contributed by atoms with E-state index in [-0.39, 0.29) is 0 Å². The van der Waals surface area contributed by atoms with Crippen LogP contribution in [0.15, 0.2) is 192 Å². The zero-order chi connectivity index (χ0) is 33.0. The fourth-order valence-corrected chi connectivity index (χ4v) is 7.50. The smallest absolute Gasteiger partial charge is 0.159 e. The van der Waals surface area contributed by atoms with Gasteiger partial charge in [-0.05, 0) is 103 Å². The molecule has 0 radical (unpaired) electrons. The Kier molecular flexibility index (Phi) is 6.53. The second kappa shape index (κ2) is 11.5. The predicted octanol–water partition coefficient (Wildman–Crippen LogP) is 13.8. The maximum atomic E-state index is 6.74. The van der Waals surface area contributed by atoms with Crippen molar-refractivity contribution in [2.45, 2.75) is 0 Å². The van der Waals surface area contributed by atoms with Crippen molar-refractivity contribution >= 4 is 71.3 Å². The predicted molar refractivity (Wildman–Crippen MR) is 212 cm³/mol. The van der Waals surface area contributed by atoms with Gasteiger partial charge in [0.15, 0.2) is 5.58 Å². The summed E-state index contributed by atoms with van der Waals surface area (Å²) in [7, 11) is 0. The fourth-order valence-electron chi connectivity index (χ4n) is 7.50. The second-order valence-electron chi connectivity index (χ2n) is 13.0. The summed E-state index contributed by atoms with van der Waals surface area (Å²) in [6, 6.07) is 67.5. The van der Waals surface area contributed by atoms with E-state index in [0.717, 1.165) is 39.0 Å². The van der Waals surface area contributed by atoms with Gasteiger partial charge in [0, 0.05) is 22.1 Å². The molecule has 0 unspecified atom stereocenters. The van der Waals surface area contributed by atoms with E-state index in [9.17, 15) is 0 Å². The van der Waals surface area contributed by atoms with Crippen molar-refractivity contribution in [3.05, 3.63) is 188 Å². The number of furan rings is 1. The molecule has 0 N–H and O–H groups in total. The molecule has 0 saturated heterocycles. The van der Waals surface area contributed by atoms with Gasteiger partial charge in [0.2, 0.25) is 0 Å². The molecular formula is C48H31NO. The molecule has 0 bridgehead atoms. The number of hydrogen-bond donors (Lipinski definition) is 0. The van der Waals surface area contributed by atoms with E-state index in [0.29, 0.717) is 0 Å². The largest absolute Gasteiger partial charge is 0.454 e.